The van der Waals surface area contributed by atoms with Gasteiger partial charge in [0.25, 0.3) is 5.56 Å². The van der Waals surface area contributed by atoms with Gasteiger partial charge < -0.3 is 10.2 Å². The number of H-pyrrole nitrogens is 1. The molecular formula is C25H24F2N6O2. The van der Waals surface area contributed by atoms with E-state index in [9.17, 15) is 18.4 Å². The van der Waals surface area contributed by atoms with E-state index < -0.39 is 17.1 Å². The first-order chi connectivity index (χ1) is 17.0. The topological polar surface area (TPSA) is 95.9 Å². The van der Waals surface area contributed by atoms with E-state index in [-0.39, 0.29) is 28.5 Å². The molecule has 180 valence electrons. The van der Waals surface area contributed by atoms with E-state index in [0.29, 0.717) is 18.7 Å². The lowest BCUT2D eigenvalue weighted by Gasteiger charge is -2.29. The van der Waals surface area contributed by atoms with Crippen LogP contribution in [0, 0.1) is 11.6 Å². The van der Waals surface area contributed by atoms with E-state index in [0.717, 1.165) is 42.5 Å². The number of piperidine rings is 1. The zero-order valence-electron chi connectivity index (χ0n) is 18.9. The number of fused-ring (bicyclic) bond motifs is 1. The molecule has 4 aromatic rings. The molecule has 1 fully saturated rings. The first-order valence-corrected chi connectivity index (χ1v) is 11.5. The quantitative estimate of drug-likeness (QED) is 0.441. The molecule has 1 aliphatic rings. The third-order valence-corrected chi connectivity index (χ3v) is 6.12. The van der Waals surface area contributed by atoms with Gasteiger partial charge in [-0.05, 0) is 55.5 Å². The number of hydrogen-bond donors (Lipinski definition) is 2. The summed E-state index contributed by atoms with van der Waals surface area (Å²) in [7, 11) is 0. The minimum absolute atomic E-state index is 0.0740. The van der Waals surface area contributed by atoms with Gasteiger partial charge in [-0.15, -0.1) is 0 Å². The summed E-state index contributed by atoms with van der Waals surface area (Å²) in [6.07, 6.45) is 5.00. The van der Waals surface area contributed by atoms with Gasteiger partial charge in [-0.25, -0.2) is 23.1 Å². The lowest BCUT2D eigenvalue weighted by atomic mass is 10.1. The van der Waals surface area contributed by atoms with Crippen LogP contribution in [0.25, 0.3) is 16.7 Å². The Kier molecular flexibility index (Phi) is 6.26. The molecule has 2 aromatic carbocycles. The molecule has 3 heterocycles. The van der Waals surface area contributed by atoms with Crippen molar-refractivity contribution in [3.63, 3.8) is 0 Å². The minimum Gasteiger partial charge on any atom is -0.369 e. The van der Waals surface area contributed by atoms with E-state index in [2.05, 4.69) is 20.3 Å². The molecule has 0 aliphatic carbocycles. The summed E-state index contributed by atoms with van der Waals surface area (Å²) in [6.45, 7) is 1.99. The van der Waals surface area contributed by atoms with Gasteiger partial charge in [-0.1, -0.05) is 12.1 Å². The van der Waals surface area contributed by atoms with Crippen LogP contribution >= 0.6 is 0 Å². The van der Waals surface area contributed by atoms with Crippen molar-refractivity contribution >= 4 is 22.7 Å². The lowest BCUT2D eigenvalue weighted by molar-refractivity contribution is 0.556. The molecule has 0 atom stereocenters. The highest BCUT2D eigenvalue weighted by Crippen LogP contribution is 2.24. The van der Waals surface area contributed by atoms with Crippen molar-refractivity contribution in [2.75, 3.05) is 29.9 Å². The Hall–Kier alpha value is -4.08. The van der Waals surface area contributed by atoms with Crippen molar-refractivity contribution in [2.24, 2.45) is 0 Å². The Morgan fingerprint density at radius 3 is 2.63 bits per heavy atom. The van der Waals surface area contributed by atoms with Gasteiger partial charge in [-0.2, -0.15) is 4.98 Å². The summed E-state index contributed by atoms with van der Waals surface area (Å²) < 4.78 is 29.1. The van der Waals surface area contributed by atoms with Gasteiger partial charge in [-0.3, -0.25) is 9.78 Å². The molecule has 0 bridgehead atoms. The summed E-state index contributed by atoms with van der Waals surface area (Å²) >= 11 is 0. The minimum atomic E-state index is -0.725. The molecule has 1 aliphatic heterocycles. The first-order valence-electron chi connectivity index (χ1n) is 11.5. The predicted octanol–water partition coefficient (Wildman–Crippen LogP) is 3.39. The summed E-state index contributed by atoms with van der Waals surface area (Å²) in [4.78, 5) is 38.8. The molecule has 35 heavy (non-hydrogen) atoms. The molecule has 0 radical (unpaired) electrons. The molecule has 2 aromatic heterocycles. The highest BCUT2D eigenvalue weighted by atomic mass is 19.1. The van der Waals surface area contributed by atoms with Crippen LogP contribution in [0.1, 0.15) is 24.8 Å². The molecule has 8 nitrogen and oxygen atoms in total. The molecule has 1 saturated heterocycles. The third kappa shape index (κ3) is 4.77. The van der Waals surface area contributed by atoms with Crippen LogP contribution < -0.4 is 21.5 Å². The van der Waals surface area contributed by atoms with Crippen LogP contribution in [-0.4, -0.2) is 39.2 Å². The summed E-state index contributed by atoms with van der Waals surface area (Å²) in [5.41, 5.74) is 0.125. The van der Waals surface area contributed by atoms with Crippen LogP contribution in [0.15, 0.2) is 58.3 Å². The van der Waals surface area contributed by atoms with Gasteiger partial charge in [0.1, 0.15) is 17.0 Å². The van der Waals surface area contributed by atoms with E-state index in [1.807, 2.05) is 11.0 Å². The standard InChI is InChI=1S/C25H24F2N6O2/c26-17-6-4-5-16(13-17)9-10-28-24-29-15-19-22(30-24)31-25(35)33(23(19)34)18-7-8-21(20(27)14-18)32-11-2-1-3-12-32/h4-8,13-15H,1-3,9-12H2,(H2,28,29,30,31,35). The van der Waals surface area contributed by atoms with Crippen molar-refractivity contribution in [3.8, 4) is 5.69 Å². The van der Waals surface area contributed by atoms with Gasteiger partial charge in [0.05, 0.1) is 11.4 Å². The summed E-state index contributed by atoms with van der Waals surface area (Å²) in [5.74, 6) is -0.567. The molecule has 2 N–H and O–H groups in total. The Morgan fingerprint density at radius 1 is 1.03 bits per heavy atom. The smallest absolute Gasteiger partial charge is 0.334 e. The van der Waals surface area contributed by atoms with E-state index in [1.54, 1.807) is 18.2 Å². The number of anilines is 2. The molecule has 5 rings (SSSR count). The van der Waals surface area contributed by atoms with Crippen molar-refractivity contribution in [1.29, 1.82) is 0 Å². The third-order valence-electron chi connectivity index (χ3n) is 6.12. The average Bonchev–Trinajstić information content (AvgIpc) is 2.84. The molecule has 0 amide bonds. The summed E-state index contributed by atoms with van der Waals surface area (Å²) in [6, 6.07) is 10.7. The van der Waals surface area contributed by atoms with Crippen LogP contribution in [0.5, 0.6) is 0 Å². The molecule has 0 unspecified atom stereocenters. The normalized spacial score (nSPS) is 13.8. The van der Waals surface area contributed by atoms with Gasteiger partial charge in [0, 0.05) is 31.9 Å². The van der Waals surface area contributed by atoms with E-state index in [1.165, 1.54) is 24.4 Å². The van der Waals surface area contributed by atoms with Crippen LogP contribution in [0.3, 0.4) is 0 Å². The fourth-order valence-electron chi connectivity index (χ4n) is 4.36. The van der Waals surface area contributed by atoms with Crippen LogP contribution in [-0.2, 0) is 6.42 Å². The Morgan fingerprint density at radius 2 is 1.86 bits per heavy atom. The monoisotopic (exact) mass is 478 g/mol. The fraction of sp³-hybridized carbons (Fsp3) is 0.280. The average molecular weight is 479 g/mol. The number of nitrogens with zero attached hydrogens (tertiary/aromatic N) is 4. The maximum Gasteiger partial charge on any atom is 0.334 e. The predicted molar refractivity (Wildman–Crippen MR) is 130 cm³/mol. The maximum absolute atomic E-state index is 14.9. The van der Waals surface area contributed by atoms with Gasteiger partial charge in [0.15, 0.2) is 5.65 Å². The van der Waals surface area contributed by atoms with E-state index in [4.69, 9.17) is 0 Å². The number of rotatable bonds is 6. The molecule has 0 spiro atoms. The van der Waals surface area contributed by atoms with Crippen LogP contribution in [0.4, 0.5) is 20.4 Å². The van der Waals surface area contributed by atoms with Crippen molar-refractivity contribution in [3.05, 3.63) is 86.7 Å². The van der Waals surface area contributed by atoms with Gasteiger partial charge >= 0.3 is 5.69 Å². The second kappa shape index (κ2) is 9.65. The van der Waals surface area contributed by atoms with Gasteiger partial charge in [0.2, 0.25) is 5.95 Å². The number of halogens is 2. The zero-order chi connectivity index (χ0) is 24.4. The SMILES string of the molecule is O=c1[nH]c2nc(NCCc3cccc(F)c3)ncc2c(=O)n1-c1ccc(N2CCCCC2)c(F)c1. The lowest BCUT2D eigenvalue weighted by Crippen LogP contribution is -2.34. The fourth-order valence-corrected chi connectivity index (χ4v) is 4.36. The zero-order valence-corrected chi connectivity index (χ0v) is 18.9. The molecule has 10 heteroatoms. The number of benzene rings is 2. The van der Waals surface area contributed by atoms with E-state index >= 15 is 0 Å². The van der Waals surface area contributed by atoms with Crippen molar-refractivity contribution in [2.45, 2.75) is 25.7 Å². The highest BCUT2D eigenvalue weighted by Gasteiger charge is 2.17. The first kappa shape index (κ1) is 22.7. The number of aromatic amines is 1. The molecular weight excluding hydrogens is 454 g/mol. The second-order valence-corrected chi connectivity index (χ2v) is 8.52. The number of nitrogens with one attached hydrogen (secondary N) is 2. The summed E-state index contributed by atoms with van der Waals surface area (Å²) in [5, 5.41) is 3.10. The Balaban J connectivity index is 1.39. The Bertz CT molecular complexity index is 1490. The Labute approximate surface area is 199 Å². The number of hydrogen-bond acceptors (Lipinski definition) is 6. The highest BCUT2D eigenvalue weighted by molar-refractivity contribution is 5.73. The maximum atomic E-state index is 14.9. The second-order valence-electron chi connectivity index (χ2n) is 8.52. The van der Waals surface area contributed by atoms with Crippen molar-refractivity contribution < 1.29 is 8.78 Å². The van der Waals surface area contributed by atoms with Crippen molar-refractivity contribution in [1.82, 2.24) is 19.5 Å². The number of aromatic nitrogens is 4. The largest absolute Gasteiger partial charge is 0.369 e. The molecule has 0 saturated carbocycles. The van der Waals surface area contributed by atoms with Crippen LogP contribution in [0.2, 0.25) is 0 Å².